The second kappa shape index (κ2) is 9.03. The minimum atomic E-state index is -0.411. The molecule has 0 bridgehead atoms. The zero-order valence-corrected chi connectivity index (χ0v) is 18.7. The third-order valence-corrected chi connectivity index (χ3v) is 5.20. The number of nitrogens with zero attached hydrogens (tertiary/aromatic N) is 6. The van der Waals surface area contributed by atoms with E-state index in [1.54, 1.807) is 47.5 Å². The first-order chi connectivity index (χ1) is 15.9. The van der Waals surface area contributed by atoms with Crippen molar-refractivity contribution in [1.29, 1.82) is 0 Å². The molecule has 0 aliphatic carbocycles. The van der Waals surface area contributed by atoms with Gasteiger partial charge in [-0.3, -0.25) is 4.79 Å². The molecule has 0 aliphatic heterocycles. The fraction of sp³-hybridized carbons (Fsp3) is 0.217. The minimum absolute atomic E-state index is 0.255. The number of benzene rings is 2. The normalized spacial score (nSPS) is 10.8. The summed E-state index contributed by atoms with van der Waals surface area (Å²) < 4.78 is 8.31. The van der Waals surface area contributed by atoms with Crippen LogP contribution < -0.4 is 5.32 Å². The van der Waals surface area contributed by atoms with Gasteiger partial charge in [-0.2, -0.15) is 9.78 Å². The van der Waals surface area contributed by atoms with Gasteiger partial charge in [-0.25, -0.2) is 9.48 Å². The number of tetrazole rings is 1. The van der Waals surface area contributed by atoms with Gasteiger partial charge in [-0.1, -0.05) is 6.07 Å². The molecule has 4 aromatic rings. The number of carbonyl (C=O) groups is 2. The summed E-state index contributed by atoms with van der Waals surface area (Å²) in [7, 11) is 0. The molecule has 1 amide bonds. The second-order valence-corrected chi connectivity index (χ2v) is 7.42. The summed E-state index contributed by atoms with van der Waals surface area (Å²) >= 11 is 0. The number of nitrogens with one attached hydrogen (secondary N) is 1. The Kier molecular flexibility index (Phi) is 5.99. The number of aromatic nitrogens is 6. The summed E-state index contributed by atoms with van der Waals surface area (Å²) in [6.45, 7) is 7.60. The molecule has 0 spiro atoms. The molecule has 168 valence electrons. The average molecular weight is 445 g/mol. The van der Waals surface area contributed by atoms with Crippen LogP contribution in [0, 0.1) is 20.8 Å². The lowest BCUT2D eigenvalue weighted by atomic mass is 10.1. The Morgan fingerprint density at radius 3 is 2.45 bits per heavy atom. The lowest BCUT2D eigenvalue weighted by Crippen LogP contribution is -2.13. The third kappa shape index (κ3) is 4.36. The summed E-state index contributed by atoms with van der Waals surface area (Å²) in [5, 5.41) is 18.8. The first kappa shape index (κ1) is 21.9. The van der Waals surface area contributed by atoms with Gasteiger partial charge in [0.15, 0.2) is 5.82 Å². The summed E-state index contributed by atoms with van der Waals surface area (Å²) in [5.74, 6) is -0.0158. The van der Waals surface area contributed by atoms with Crippen molar-refractivity contribution in [3.8, 4) is 11.4 Å². The van der Waals surface area contributed by atoms with E-state index < -0.39 is 5.97 Å². The van der Waals surface area contributed by atoms with E-state index in [4.69, 9.17) is 4.74 Å². The standard InChI is InChI=1S/C23H23N7O3/c1-5-33-23(32)20-13-24-29(15(20)3)19-10-7-17(8-11-19)22(31)25-18-9-6-14(2)21(12-18)30-16(4)26-27-28-30/h6-13H,5H2,1-4H3,(H,25,31). The van der Waals surface area contributed by atoms with E-state index in [1.165, 1.54) is 6.20 Å². The maximum atomic E-state index is 12.8. The summed E-state index contributed by atoms with van der Waals surface area (Å²) in [6.07, 6.45) is 1.48. The van der Waals surface area contributed by atoms with Gasteiger partial charge in [-0.05, 0) is 80.1 Å². The van der Waals surface area contributed by atoms with Crippen LogP contribution >= 0.6 is 0 Å². The lowest BCUT2D eigenvalue weighted by Gasteiger charge is -2.11. The molecule has 0 saturated heterocycles. The van der Waals surface area contributed by atoms with E-state index in [9.17, 15) is 9.59 Å². The molecule has 4 rings (SSSR count). The van der Waals surface area contributed by atoms with E-state index in [1.807, 2.05) is 32.0 Å². The molecule has 0 aliphatic rings. The van der Waals surface area contributed by atoms with Crippen LogP contribution in [0.1, 0.15) is 44.7 Å². The molecule has 2 heterocycles. The van der Waals surface area contributed by atoms with Crippen molar-refractivity contribution < 1.29 is 14.3 Å². The maximum Gasteiger partial charge on any atom is 0.341 e. The summed E-state index contributed by atoms with van der Waals surface area (Å²) in [5.41, 5.74) is 4.67. The number of rotatable bonds is 6. The minimum Gasteiger partial charge on any atom is -0.462 e. The number of carbonyl (C=O) groups excluding carboxylic acids is 2. The predicted molar refractivity (Wildman–Crippen MR) is 121 cm³/mol. The first-order valence-electron chi connectivity index (χ1n) is 10.4. The van der Waals surface area contributed by atoms with E-state index >= 15 is 0 Å². The number of hydrogen-bond acceptors (Lipinski definition) is 7. The van der Waals surface area contributed by atoms with Gasteiger partial charge in [0.05, 0.1) is 29.9 Å². The van der Waals surface area contributed by atoms with Crippen LogP contribution in [0.15, 0.2) is 48.7 Å². The number of aryl methyl sites for hydroxylation is 2. The van der Waals surface area contributed by atoms with Crippen molar-refractivity contribution in [3.05, 3.63) is 76.9 Å². The molecule has 10 heteroatoms. The highest BCUT2D eigenvalue weighted by Crippen LogP contribution is 2.21. The highest BCUT2D eigenvalue weighted by atomic mass is 16.5. The van der Waals surface area contributed by atoms with Gasteiger partial charge in [0.25, 0.3) is 5.91 Å². The second-order valence-electron chi connectivity index (χ2n) is 7.42. The number of hydrogen-bond donors (Lipinski definition) is 1. The van der Waals surface area contributed by atoms with Crippen LogP contribution in [-0.4, -0.2) is 48.5 Å². The Balaban J connectivity index is 1.52. The SMILES string of the molecule is CCOC(=O)c1cnn(-c2ccc(C(=O)Nc3ccc(C)c(-n4nnnc4C)c3)cc2)c1C. The molecule has 0 saturated carbocycles. The maximum absolute atomic E-state index is 12.8. The van der Waals surface area contributed by atoms with Gasteiger partial charge in [-0.15, -0.1) is 5.10 Å². The highest BCUT2D eigenvalue weighted by molar-refractivity contribution is 6.04. The smallest absolute Gasteiger partial charge is 0.341 e. The van der Waals surface area contributed by atoms with Crippen molar-refractivity contribution in [1.82, 2.24) is 30.0 Å². The molecule has 0 radical (unpaired) electrons. The van der Waals surface area contributed by atoms with Crippen molar-refractivity contribution >= 4 is 17.6 Å². The van der Waals surface area contributed by atoms with Gasteiger partial charge >= 0.3 is 5.97 Å². The third-order valence-electron chi connectivity index (χ3n) is 5.20. The van der Waals surface area contributed by atoms with E-state index in [-0.39, 0.29) is 5.91 Å². The number of ether oxygens (including phenoxy) is 1. The summed E-state index contributed by atoms with van der Waals surface area (Å²) in [4.78, 5) is 24.8. The van der Waals surface area contributed by atoms with E-state index in [0.29, 0.717) is 34.9 Å². The fourth-order valence-electron chi connectivity index (χ4n) is 3.41. The largest absolute Gasteiger partial charge is 0.462 e. The van der Waals surface area contributed by atoms with Gasteiger partial charge in [0, 0.05) is 11.3 Å². The number of esters is 1. The molecule has 2 aromatic heterocycles. The van der Waals surface area contributed by atoms with Gasteiger partial charge in [0.2, 0.25) is 0 Å². The van der Waals surface area contributed by atoms with Crippen molar-refractivity contribution in [3.63, 3.8) is 0 Å². The van der Waals surface area contributed by atoms with Gasteiger partial charge in [0.1, 0.15) is 5.56 Å². The quantitative estimate of drug-likeness (QED) is 0.453. The molecule has 33 heavy (non-hydrogen) atoms. The Morgan fingerprint density at radius 1 is 1.03 bits per heavy atom. The zero-order chi connectivity index (χ0) is 23.5. The average Bonchev–Trinajstić information content (AvgIpc) is 3.40. The lowest BCUT2D eigenvalue weighted by molar-refractivity contribution is 0.0525. The van der Waals surface area contributed by atoms with Crippen molar-refractivity contribution in [2.24, 2.45) is 0 Å². The molecule has 0 unspecified atom stereocenters. The first-order valence-corrected chi connectivity index (χ1v) is 10.4. The van der Waals surface area contributed by atoms with Crippen LogP contribution in [0.25, 0.3) is 11.4 Å². The highest BCUT2D eigenvalue weighted by Gasteiger charge is 2.16. The molecule has 0 atom stereocenters. The van der Waals surface area contributed by atoms with Crippen LogP contribution in [0.3, 0.4) is 0 Å². The van der Waals surface area contributed by atoms with Crippen LogP contribution in [0.2, 0.25) is 0 Å². The Hall–Kier alpha value is -4.34. The number of amides is 1. The molecular weight excluding hydrogens is 422 g/mol. The Morgan fingerprint density at radius 2 is 1.79 bits per heavy atom. The molecular formula is C23H23N7O3. The van der Waals surface area contributed by atoms with Crippen molar-refractivity contribution in [2.45, 2.75) is 27.7 Å². The molecule has 10 nitrogen and oxygen atoms in total. The van der Waals surface area contributed by atoms with E-state index in [0.717, 1.165) is 16.9 Å². The monoisotopic (exact) mass is 445 g/mol. The zero-order valence-electron chi connectivity index (χ0n) is 18.7. The molecule has 2 aromatic carbocycles. The van der Waals surface area contributed by atoms with Crippen molar-refractivity contribution in [2.75, 3.05) is 11.9 Å². The topological polar surface area (TPSA) is 117 Å². The molecule has 0 fully saturated rings. The van der Waals surface area contributed by atoms with E-state index in [2.05, 4.69) is 25.9 Å². The van der Waals surface area contributed by atoms with Gasteiger partial charge < -0.3 is 10.1 Å². The van der Waals surface area contributed by atoms with Crippen LogP contribution in [0.5, 0.6) is 0 Å². The van der Waals surface area contributed by atoms with Crippen LogP contribution in [0.4, 0.5) is 5.69 Å². The molecule has 1 N–H and O–H groups in total. The summed E-state index contributed by atoms with van der Waals surface area (Å²) in [6, 6.07) is 12.5. The predicted octanol–water partition coefficient (Wildman–Crippen LogP) is 3.20. The number of anilines is 1. The fourth-order valence-corrected chi connectivity index (χ4v) is 3.41. The Bertz CT molecular complexity index is 1320. The van der Waals surface area contributed by atoms with Crippen LogP contribution in [-0.2, 0) is 4.74 Å². The Labute approximate surface area is 190 Å².